The first kappa shape index (κ1) is 12.6. The molecule has 0 saturated carbocycles. The van der Waals surface area contributed by atoms with Gasteiger partial charge in [0, 0.05) is 25.5 Å². The lowest BCUT2D eigenvalue weighted by Gasteiger charge is -2.30. The molecule has 0 atom stereocenters. The lowest BCUT2D eigenvalue weighted by atomic mass is 9.98. The predicted molar refractivity (Wildman–Crippen MR) is 75.0 cm³/mol. The smallest absolute Gasteiger partial charge is 0.139 e. The number of aliphatic hydroxyl groups is 1. The monoisotopic (exact) mass is 259 g/mol. The number of aliphatic hydroxyl groups excluding tert-OH is 1. The van der Waals surface area contributed by atoms with E-state index in [0.29, 0.717) is 12.5 Å². The van der Waals surface area contributed by atoms with Crippen molar-refractivity contribution < 1.29 is 5.11 Å². The summed E-state index contributed by atoms with van der Waals surface area (Å²) in [7, 11) is 0. The van der Waals surface area contributed by atoms with E-state index < -0.39 is 0 Å². The molecule has 19 heavy (non-hydrogen) atoms. The average Bonchev–Trinajstić information content (AvgIpc) is 2.84. The standard InChI is InChI=1S/C15H21N3O/c1-12-3-2-6-18-10-14(16-15(12)18)9-17-7-4-13(11-19)5-8-17/h2-3,6,10,13,19H,4-5,7-9,11H2,1H3. The van der Waals surface area contributed by atoms with E-state index in [1.807, 2.05) is 0 Å². The van der Waals surface area contributed by atoms with Gasteiger partial charge >= 0.3 is 0 Å². The summed E-state index contributed by atoms with van der Waals surface area (Å²) in [4.78, 5) is 7.15. The highest BCUT2D eigenvalue weighted by Gasteiger charge is 2.19. The molecule has 0 spiro atoms. The number of imidazole rings is 1. The topological polar surface area (TPSA) is 40.8 Å². The van der Waals surface area contributed by atoms with Crippen LogP contribution in [0.25, 0.3) is 5.65 Å². The van der Waals surface area contributed by atoms with Crippen LogP contribution in [0.4, 0.5) is 0 Å². The predicted octanol–water partition coefficient (Wildman–Crippen LogP) is 1.85. The summed E-state index contributed by atoms with van der Waals surface area (Å²) in [5.41, 5.74) is 3.41. The van der Waals surface area contributed by atoms with Crippen LogP contribution in [0.5, 0.6) is 0 Å². The second-order valence-corrected chi connectivity index (χ2v) is 5.56. The zero-order chi connectivity index (χ0) is 13.2. The molecule has 0 aromatic carbocycles. The minimum absolute atomic E-state index is 0.335. The van der Waals surface area contributed by atoms with Gasteiger partial charge in [0.2, 0.25) is 0 Å². The van der Waals surface area contributed by atoms with Crippen LogP contribution in [0.15, 0.2) is 24.5 Å². The summed E-state index contributed by atoms with van der Waals surface area (Å²) in [6.07, 6.45) is 6.38. The second-order valence-electron chi connectivity index (χ2n) is 5.56. The summed E-state index contributed by atoms with van der Waals surface area (Å²) in [5, 5.41) is 9.16. The molecule has 2 aromatic heterocycles. The molecule has 1 fully saturated rings. The summed E-state index contributed by atoms with van der Waals surface area (Å²) in [5.74, 6) is 0.500. The highest BCUT2D eigenvalue weighted by atomic mass is 16.3. The van der Waals surface area contributed by atoms with Gasteiger partial charge in [-0.1, -0.05) is 6.07 Å². The quantitative estimate of drug-likeness (QED) is 0.914. The Morgan fingerprint density at radius 2 is 2.16 bits per heavy atom. The number of pyridine rings is 1. The lowest BCUT2D eigenvalue weighted by Crippen LogP contribution is -2.34. The molecule has 102 valence electrons. The van der Waals surface area contributed by atoms with E-state index in [4.69, 9.17) is 10.1 Å². The Balaban J connectivity index is 1.70. The fourth-order valence-corrected chi connectivity index (χ4v) is 2.84. The van der Waals surface area contributed by atoms with Crippen LogP contribution < -0.4 is 0 Å². The molecule has 0 unspecified atom stereocenters. The molecule has 4 nitrogen and oxygen atoms in total. The zero-order valence-electron chi connectivity index (χ0n) is 11.4. The van der Waals surface area contributed by atoms with Crippen LogP contribution in [0.3, 0.4) is 0 Å². The molecule has 1 saturated heterocycles. The summed E-state index contributed by atoms with van der Waals surface area (Å²) in [6.45, 7) is 5.48. The maximum Gasteiger partial charge on any atom is 0.139 e. The van der Waals surface area contributed by atoms with Crippen molar-refractivity contribution in [2.75, 3.05) is 19.7 Å². The normalized spacial score (nSPS) is 18.2. The number of fused-ring (bicyclic) bond motifs is 1. The van der Waals surface area contributed by atoms with Gasteiger partial charge in [0.25, 0.3) is 0 Å². The van der Waals surface area contributed by atoms with Crippen LogP contribution >= 0.6 is 0 Å². The molecule has 0 aliphatic carbocycles. The van der Waals surface area contributed by atoms with Gasteiger partial charge in [0.15, 0.2) is 0 Å². The van der Waals surface area contributed by atoms with Crippen molar-refractivity contribution in [1.29, 1.82) is 0 Å². The third-order valence-electron chi connectivity index (χ3n) is 4.08. The van der Waals surface area contributed by atoms with E-state index in [1.165, 1.54) is 5.56 Å². The summed E-state index contributed by atoms with van der Waals surface area (Å²) >= 11 is 0. The maximum absolute atomic E-state index is 9.16. The van der Waals surface area contributed by atoms with E-state index in [2.05, 4.69) is 40.8 Å². The third-order valence-corrected chi connectivity index (χ3v) is 4.08. The van der Waals surface area contributed by atoms with Crippen molar-refractivity contribution >= 4 is 5.65 Å². The van der Waals surface area contributed by atoms with Crippen molar-refractivity contribution in [3.63, 3.8) is 0 Å². The van der Waals surface area contributed by atoms with Crippen LogP contribution in [-0.4, -0.2) is 39.1 Å². The molecule has 2 aromatic rings. The first-order valence-corrected chi connectivity index (χ1v) is 7.02. The van der Waals surface area contributed by atoms with E-state index in [-0.39, 0.29) is 0 Å². The molecule has 0 bridgehead atoms. The molecule has 1 aliphatic heterocycles. The molecular weight excluding hydrogens is 238 g/mol. The van der Waals surface area contributed by atoms with Gasteiger partial charge in [-0.25, -0.2) is 4.98 Å². The Morgan fingerprint density at radius 3 is 2.84 bits per heavy atom. The number of nitrogens with zero attached hydrogens (tertiary/aromatic N) is 3. The van der Waals surface area contributed by atoms with Gasteiger partial charge in [-0.15, -0.1) is 0 Å². The summed E-state index contributed by atoms with van der Waals surface area (Å²) < 4.78 is 2.10. The van der Waals surface area contributed by atoms with E-state index in [1.54, 1.807) is 0 Å². The highest BCUT2D eigenvalue weighted by Crippen LogP contribution is 2.18. The van der Waals surface area contributed by atoms with E-state index in [9.17, 15) is 0 Å². The van der Waals surface area contributed by atoms with Gasteiger partial charge in [0.1, 0.15) is 5.65 Å². The Bertz CT molecular complexity index is 556. The largest absolute Gasteiger partial charge is 0.396 e. The van der Waals surface area contributed by atoms with Gasteiger partial charge < -0.3 is 9.51 Å². The third kappa shape index (κ3) is 2.65. The molecular formula is C15H21N3O. The van der Waals surface area contributed by atoms with Crippen molar-refractivity contribution in [1.82, 2.24) is 14.3 Å². The molecule has 0 radical (unpaired) electrons. The van der Waals surface area contributed by atoms with E-state index in [0.717, 1.165) is 43.8 Å². The number of likely N-dealkylation sites (tertiary alicyclic amines) is 1. The maximum atomic E-state index is 9.16. The van der Waals surface area contributed by atoms with E-state index >= 15 is 0 Å². The van der Waals surface area contributed by atoms with Crippen molar-refractivity contribution in [3.05, 3.63) is 35.8 Å². The Hall–Kier alpha value is -1.39. The molecule has 1 N–H and O–H groups in total. The van der Waals surface area contributed by atoms with Gasteiger partial charge in [0.05, 0.1) is 5.69 Å². The lowest BCUT2D eigenvalue weighted by molar-refractivity contribution is 0.126. The van der Waals surface area contributed by atoms with Crippen LogP contribution in [0.2, 0.25) is 0 Å². The number of aromatic nitrogens is 2. The second kappa shape index (κ2) is 5.31. The fraction of sp³-hybridized carbons (Fsp3) is 0.533. The molecule has 0 amide bonds. The minimum Gasteiger partial charge on any atom is -0.396 e. The van der Waals surface area contributed by atoms with Crippen molar-refractivity contribution in [2.45, 2.75) is 26.3 Å². The molecule has 1 aliphatic rings. The van der Waals surface area contributed by atoms with Gasteiger partial charge in [-0.05, 0) is 50.4 Å². The number of hydrogen-bond donors (Lipinski definition) is 1. The molecule has 4 heteroatoms. The first-order chi connectivity index (χ1) is 9.26. The first-order valence-electron chi connectivity index (χ1n) is 7.02. The fourth-order valence-electron chi connectivity index (χ4n) is 2.84. The number of hydrogen-bond acceptors (Lipinski definition) is 3. The minimum atomic E-state index is 0.335. The number of piperidine rings is 1. The molecule has 3 heterocycles. The average molecular weight is 259 g/mol. The van der Waals surface area contributed by atoms with Gasteiger partial charge in [-0.3, -0.25) is 4.90 Å². The van der Waals surface area contributed by atoms with Crippen molar-refractivity contribution in [3.8, 4) is 0 Å². The SMILES string of the molecule is Cc1cccn2cc(CN3CCC(CO)CC3)nc12. The Morgan fingerprint density at radius 1 is 1.37 bits per heavy atom. The highest BCUT2D eigenvalue weighted by molar-refractivity contribution is 5.47. The van der Waals surface area contributed by atoms with Crippen molar-refractivity contribution in [2.24, 2.45) is 5.92 Å². The Labute approximate surface area is 113 Å². The molecule has 3 rings (SSSR count). The van der Waals surface area contributed by atoms with Crippen LogP contribution in [-0.2, 0) is 6.54 Å². The zero-order valence-corrected chi connectivity index (χ0v) is 11.4. The number of rotatable bonds is 3. The summed E-state index contributed by atoms with van der Waals surface area (Å²) in [6, 6.07) is 4.15. The van der Waals surface area contributed by atoms with Gasteiger partial charge in [-0.2, -0.15) is 0 Å². The van der Waals surface area contributed by atoms with Crippen LogP contribution in [0.1, 0.15) is 24.1 Å². The Kier molecular flexibility index (Phi) is 3.53. The van der Waals surface area contributed by atoms with Crippen LogP contribution in [0, 0.1) is 12.8 Å². The number of aryl methyl sites for hydroxylation is 1.